The lowest BCUT2D eigenvalue weighted by Gasteiger charge is -2.28. The van der Waals surface area contributed by atoms with E-state index in [-0.39, 0.29) is 6.29 Å². The Hall–Kier alpha value is -0.160. The molecular formula is C11H25NO3. The van der Waals surface area contributed by atoms with Crippen LogP contribution in [0.15, 0.2) is 0 Å². The van der Waals surface area contributed by atoms with Crippen molar-refractivity contribution >= 4 is 0 Å². The average Bonchev–Trinajstić information content (AvgIpc) is 2.00. The molecule has 0 radical (unpaired) electrons. The zero-order valence-corrected chi connectivity index (χ0v) is 10.6. The van der Waals surface area contributed by atoms with E-state index in [2.05, 4.69) is 0 Å². The maximum absolute atomic E-state index is 9.64. The molecular weight excluding hydrogens is 194 g/mol. The van der Waals surface area contributed by atoms with E-state index in [1.807, 2.05) is 25.8 Å². The van der Waals surface area contributed by atoms with E-state index in [0.29, 0.717) is 26.3 Å². The second-order valence-electron chi connectivity index (χ2n) is 4.35. The van der Waals surface area contributed by atoms with Gasteiger partial charge in [-0.1, -0.05) is 0 Å². The summed E-state index contributed by atoms with van der Waals surface area (Å²) in [5.41, 5.74) is -0.683. The molecule has 4 nitrogen and oxygen atoms in total. The molecule has 0 atom stereocenters. The Morgan fingerprint density at radius 3 is 2.00 bits per heavy atom. The predicted molar refractivity (Wildman–Crippen MR) is 60.8 cm³/mol. The number of rotatable bonds is 8. The molecule has 0 heterocycles. The first-order valence-corrected chi connectivity index (χ1v) is 5.53. The third-order valence-electron chi connectivity index (χ3n) is 1.82. The number of nitrogens with zero attached hydrogens (tertiary/aromatic N) is 1. The number of aliphatic hydroxyl groups is 1. The first-order valence-electron chi connectivity index (χ1n) is 5.53. The largest absolute Gasteiger partial charge is 0.389 e. The van der Waals surface area contributed by atoms with Gasteiger partial charge in [0.2, 0.25) is 0 Å². The fraction of sp³-hybridized carbons (Fsp3) is 1.00. The van der Waals surface area contributed by atoms with Crippen LogP contribution >= 0.6 is 0 Å². The summed E-state index contributed by atoms with van der Waals surface area (Å²) in [7, 11) is 1.95. The second-order valence-corrected chi connectivity index (χ2v) is 4.35. The highest BCUT2D eigenvalue weighted by atomic mass is 16.7. The second kappa shape index (κ2) is 7.17. The molecule has 0 aliphatic heterocycles. The van der Waals surface area contributed by atoms with Crippen molar-refractivity contribution in [1.82, 2.24) is 4.90 Å². The monoisotopic (exact) mass is 219 g/mol. The first kappa shape index (κ1) is 14.8. The van der Waals surface area contributed by atoms with Crippen molar-refractivity contribution in [3.05, 3.63) is 0 Å². The lowest BCUT2D eigenvalue weighted by Crippen LogP contribution is -2.41. The molecule has 0 bridgehead atoms. The predicted octanol–water partition coefficient (Wildman–Crippen LogP) is 1.09. The molecule has 0 aromatic rings. The maximum atomic E-state index is 9.64. The van der Waals surface area contributed by atoms with Crippen LogP contribution in [-0.2, 0) is 9.47 Å². The molecule has 0 unspecified atom stereocenters. The highest BCUT2D eigenvalue weighted by molar-refractivity contribution is 4.70. The Labute approximate surface area is 93.2 Å². The zero-order chi connectivity index (χ0) is 11.9. The number of hydrogen-bond donors (Lipinski definition) is 1. The van der Waals surface area contributed by atoms with Crippen molar-refractivity contribution in [3.63, 3.8) is 0 Å². The lowest BCUT2D eigenvalue weighted by molar-refractivity contribution is -0.148. The quantitative estimate of drug-likeness (QED) is 0.620. The summed E-state index contributed by atoms with van der Waals surface area (Å²) >= 11 is 0. The smallest absolute Gasteiger partial charge is 0.170 e. The van der Waals surface area contributed by atoms with E-state index in [9.17, 15) is 5.11 Å². The van der Waals surface area contributed by atoms with Gasteiger partial charge in [0.15, 0.2) is 6.29 Å². The van der Waals surface area contributed by atoms with Crippen molar-refractivity contribution in [1.29, 1.82) is 0 Å². The number of hydrogen-bond acceptors (Lipinski definition) is 4. The molecule has 0 aromatic carbocycles. The Balaban J connectivity index is 3.93. The highest BCUT2D eigenvalue weighted by Gasteiger charge is 2.18. The SMILES string of the molecule is CCOC(CN(C)CC(C)(C)O)OCC. The molecule has 0 amide bonds. The minimum Gasteiger partial charge on any atom is -0.389 e. The molecule has 0 saturated carbocycles. The Bertz CT molecular complexity index is 150. The molecule has 0 aliphatic carbocycles. The summed E-state index contributed by atoms with van der Waals surface area (Å²) in [5.74, 6) is 0. The Kier molecular flexibility index (Phi) is 7.09. The van der Waals surface area contributed by atoms with Gasteiger partial charge in [-0.3, -0.25) is 4.90 Å². The third kappa shape index (κ3) is 8.81. The average molecular weight is 219 g/mol. The molecule has 0 rings (SSSR count). The lowest BCUT2D eigenvalue weighted by atomic mass is 10.1. The topological polar surface area (TPSA) is 41.9 Å². The van der Waals surface area contributed by atoms with E-state index in [1.165, 1.54) is 0 Å². The normalized spacial score (nSPS) is 12.8. The van der Waals surface area contributed by atoms with Gasteiger partial charge in [0, 0.05) is 26.3 Å². The van der Waals surface area contributed by atoms with E-state index in [1.54, 1.807) is 13.8 Å². The fourth-order valence-electron chi connectivity index (χ4n) is 1.50. The summed E-state index contributed by atoms with van der Waals surface area (Å²) in [6.45, 7) is 10.0. The fourth-order valence-corrected chi connectivity index (χ4v) is 1.50. The highest BCUT2D eigenvalue weighted by Crippen LogP contribution is 2.05. The van der Waals surface area contributed by atoms with E-state index in [4.69, 9.17) is 9.47 Å². The van der Waals surface area contributed by atoms with Crippen molar-refractivity contribution in [2.75, 3.05) is 33.4 Å². The van der Waals surface area contributed by atoms with E-state index in [0.717, 1.165) is 0 Å². The van der Waals surface area contributed by atoms with Crippen LogP contribution in [0.3, 0.4) is 0 Å². The maximum Gasteiger partial charge on any atom is 0.170 e. The number of ether oxygens (including phenoxy) is 2. The van der Waals surface area contributed by atoms with Gasteiger partial charge in [-0.2, -0.15) is 0 Å². The number of likely N-dealkylation sites (N-methyl/N-ethyl adjacent to an activating group) is 1. The van der Waals surface area contributed by atoms with Gasteiger partial charge in [0.05, 0.1) is 5.60 Å². The molecule has 0 saturated heterocycles. The molecule has 0 spiro atoms. The summed E-state index contributed by atoms with van der Waals surface area (Å²) in [6.07, 6.45) is -0.202. The van der Waals surface area contributed by atoms with Crippen LogP contribution < -0.4 is 0 Å². The van der Waals surface area contributed by atoms with Gasteiger partial charge in [-0.05, 0) is 34.7 Å². The van der Waals surface area contributed by atoms with Gasteiger partial charge >= 0.3 is 0 Å². The van der Waals surface area contributed by atoms with Crippen LogP contribution in [0, 0.1) is 0 Å². The Morgan fingerprint density at radius 2 is 1.67 bits per heavy atom. The summed E-state index contributed by atoms with van der Waals surface area (Å²) < 4.78 is 10.8. The molecule has 15 heavy (non-hydrogen) atoms. The van der Waals surface area contributed by atoms with Crippen LogP contribution in [-0.4, -0.2) is 55.2 Å². The minimum absolute atomic E-state index is 0.202. The van der Waals surface area contributed by atoms with Gasteiger partial charge < -0.3 is 14.6 Å². The molecule has 1 N–H and O–H groups in total. The van der Waals surface area contributed by atoms with Crippen LogP contribution in [0.4, 0.5) is 0 Å². The van der Waals surface area contributed by atoms with Crippen LogP contribution in [0.1, 0.15) is 27.7 Å². The van der Waals surface area contributed by atoms with Crippen molar-refractivity contribution < 1.29 is 14.6 Å². The summed E-state index contributed by atoms with van der Waals surface area (Å²) in [6, 6.07) is 0. The van der Waals surface area contributed by atoms with Crippen LogP contribution in [0.25, 0.3) is 0 Å². The van der Waals surface area contributed by atoms with Gasteiger partial charge in [0.25, 0.3) is 0 Å². The third-order valence-corrected chi connectivity index (χ3v) is 1.82. The molecule has 0 aliphatic rings. The van der Waals surface area contributed by atoms with E-state index < -0.39 is 5.60 Å². The van der Waals surface area contributed by atoms with Crippen LogP contribution in [0.5, 0.6) is 0 Å². The van der Waals surface area contributed by atoms with Gasteiger partial charge in [-0.15, -0.1) is 0 Å². The van der Waals surface area contributed by atoms with Gasteiger partial charge in [-0.25, -0.2) is 0 Å². The minimum atomic E-state index is -0.683. The summed E-state index contributed by atoms with van der Waals surface area (Å²) in [4.78, 5) is 2.01. The van der Waals surface area contributed by atoms with Crippen molar-refractivity contribution in [3.8, 4) is 0 Å². The van der Waals surface area contributed by atoms with E-state index >= 15 is 0 Å². The molecule has 92 valence electrons. The van der Waals surface area contributed by atoms with Crippen molar-refractivity contribution in [2.45, 2.75) is 39.6 Å². The zero-order valence-electron chi connectivity index (χ0n) is 10.6. The van der Waals surface area contributed by atoms with Crippen molar-refractivity contribution in [2.24, 2.45) is 0 Å². The Morgan fingerprint density at radius 1 is 1.20 bits per heavy atom. The van der Waals surface area contributed by atoms with Gasteiger partial charge in [0.1, 0.15) is 0 Å². The first-order chi connectivity index (χ1) is 6.89. The summed E-state index contributed by atoms with van der Waals surface area (Å²) in [5, 5.41) is 9.64. The molecule has 0 fully saturated rings. The standard InChI is InChI=1S/C11H25NO3/c1-6-14-10(15-7-2)8-12(5)9-11(3,4)13/h10,13H,6-9H2,1-5H3. The van der Waals surface area contributed by atoms with Crippen LogP contribution in [0.2, 0.25) is 0 Å². The molecule has 4 heteroatoms. The molecule has 0 aromatic heterocycles.